The number of cyclic esters (lactones) is 1. The molecule has 0 spiro atoms. The van der Waals surface area contributed by atoms with Crippen molar-refractivity contribution in [1.82, 2.24) is 0 Å². The number of carbonyl (C=O) groups excluding carboxylic acids is 3. The summed E-state index contributed by atoms with van der Waals surface area (Å²) in [4.78, 5) is 37.9. The molecule has 0 bridgehead atoms. The van der Waals surface area contributed by atoms with E-state index in [0.717, 1.165) is 5.56 Å². The molecule has 1 unspecified atom stereocenters. The molecule has 0 radical (unpaired) electrons. The predicted octanol–water partition coefficient (Wildman–Crippen LogP) is 6.10. The summed E-state index contributed by atoms with van der Waals surface area (Å²) < 4.78 is 16.9. The Kier molecular flexibility index (Phi) is 8.31. The minimum Gasteiger partial charge on any atom is -0.507 e. The van der Waals surface area contributed by atoms with Crippen LogP contribution in [-0.2, 0) is 14.3 Å². The quantitative estimate of drug-likeness (QED) is 0.396. The highest BCUT2D eigenvalue weighted by molar-refractivity contribution is 5.98. The van der Waals surface area contributed by atoms with Gasteiger partial charge in [0, 0.05) is 24.3 Å². The summed E-state index contributed by atoms with van der Waals surface area (Å²) >= 11 is 0. The zero-order valence-corrected chi connectivity index (χ0v) is 21.6. The third-order valence-corrected chi connectivity index (χ3v) is 6.63. The van der Waals surface area contributed by atoms with Gasteiger partial charge in [-0.1, -0.05) is 24.3 Å². The molecule has 2 aliphatic heterocycles. The number of phenols is 1. The average molecular weight is 507 g/mol. The van der Waals surface area contributed by atoms with E-state index in [1.54, 1.807) is 19.1 Å². The van der Waals surface area contributed by atoms with Gasteiger partial charge in [0.2, 0.25) is 0 Å². The van der Waals surface area contributed by atoms with Crippen LogP contribution in [0.25, 0.3) is 6.08 Å². The molecule has 1 N–H and O–H groups in total. The third kappa shape index (κ3) is 6.40. The van der Waals surface area contributed by atoms with E-state index in [2.05, 4.69) is 0 Å². The van der Waals surface area contributed by atoms with Crippen LogP contribution < -0.4 is 9.47 Å². The van der Waals surface area contributed by atoms with Crippen molar-refractivity contribution >= 4 is 23.8 Å². The van der Waals surface area contributed by atoms with Crippen molar-refractivity contribution < 1.29 is 33.7 Å². The number of Topliss-reactive ketones (excluding diaryl/α,β-unsaturated/α-hetero) is 1. The van der Waals surface area contributed by atoms with Crippen LogP contribution in [0.1, 0.15) is 98.7 Å². The Balaban J connectivity index is 1.76. The number of hydrogen-bond acceptors (Lipinski definition) is 7. The summed E-state index contributed by atoms with van der Waals surface area (Å²) in [6, 6.07) is 8.99. The molecule has 0 saturated heterocycles. The Hall–Kier alpha value is -3.61. The number of ether oxygens (including phenoxy) is 3. The van der Waals surface area contributed by atoms with Crippen molar-refractivity contribution in [3.05, 3.63) is 58.7 Å². The summed E-state index contributed by atoms with van der Waals surface area (Å²) in [5.74, 6) is -0.666. The second-order valence-electron chi connectivity index (χ2n) is 10.0. The molecule has 4 rings (SSSR count). The van der Waals surface area contributed by atoms with Crippen molar-refractivity contribution in [1.29, 1.82) is 0 Å². The highest BCUT2D eigenvalue weighted by atomic mass is 16.5. The molecular weight excluding hydrogens is 472 g/mol. The molecule has 7 heteroatoms. The molecular formula is C30H34O7. The average Bonchev–Trinajstić information content (AvgIpc) is 2.82. The fraction of sp³-hybridized carbons (Fsp3) is 0.433. The van der Waals surface area contributed by atoms with Gasteiger partial charge in [-0.3, -0.25) is 9.59 Å². The fourth-order valence-corrected chi connectivity index (χ4v) is 4.85. The number of esters is 2. The van der Waals surface area contributed by atoms with E-state index >= 15 is 0 Å². The lowest BCUT2D eigenvalue weighted by atomic mass is 9.83. The Morgan fingerprint density at radius 2 is 1.78 bits per heavy atom. The standard InChI is InChI=1S/C30H34O7/c1-18(2)35-23-14-12-20(13-15-23)24-17-26(32)37-25-16-21-9-5-4-6-10-22(31)11-7-8-19(3)36-30(34)27(21)29(33)28(24)25/h5,9,12-16,18-19,24,33H,4,6-8,10-11,17H2,1-3H3/b9-5+/t19-,24?/m0/s1. The molecule has 0 aromatic heterocycles. The number of fused-ring (bicyclic) bond motifs is 2. The molecule has 2 aromatic rings. The molecule has 0 amide bonds. The zero-order valence-electron chi connectivity index (χ0n) is 21.6. The van der Waals surface area contributed by atoms with Gasteiger partial charge in [-0.05, 0) is 75.8 Å². The van der Waals surface area contributed by atoms with E-state index < -0.39 is 24.0 Å². The summed E-state index contributed by atoms with van der Waals surface area (Å²) in [5.41, 5.74) is 1.65. The molecule has 0 fully saturated rings. The molecule has 0 saturated carbocycles. The van der Waals surface area contributed by atoms with E-state index in [0.29, 0.717) is 55.4 Å². The van der Waals surface area contributed by atoms with Gasteiger partial charge in [0.25, 0.3) is 0 Å². The molecule has 2 atom stereocenters. The van der Waals surface area contributed by atoms with Gasteiger partial charge < -0.3 is 19.3 Å². The number of benzene rings is 2. The van der Waals surface area contributed by atoms with Gasteiger partial charge in [0.15, 0.2) is 0 Å². The van der Waals surface area contributed by atoms with E-state index in [1.165, 1.54) is 0 Å². The Morgan fingerprint density at radius 3 is 2.51 bits per heavy atom. The van der Waals surface area contributed by atoms with Gasteiger partial charge in [-0.15, -0.1) is 0 Å². The molecule has 37 heavy (non-hydrogen) atoms. The number of aromatic hydroxyl groups is 1. The number of allylic oxidation sites excluding steroid dienone is 1. The van der Waals surface area contributed by atoms with Gasteiger partial charge in [0.05, 0.1) is 18.6 Å². The summed E-state index contributed by atoms with van der Waals surface area (Å²) in [6.45, 7) is 5.67. The number of rotatable bonds is 3. The Labute approximate surface area is 217 Å². The van der Waals surface area contributed by atoms with Crippen LogP contribution in [0.4, 0.5) is 0 Å². The smallest absolute Gasteiger partial charge is 0.342 e. The molecule has 7 nitrogen and oxygen atoms in total. The van der Waals surface area contributed by atoms with E-state index in [9.17, 15) is 19.5 Å². The van der Waals surface area contributed by atoms with Crippen LogP contribution >= 0.6 is 0 Å². The van der Waals surface area contributed by atoms with Crippen LogP contribution in [0.3, 0.4) is 0 Å². The summed E-state index contributed by atoms with van der Waals surface area (Å²) in [5, 5.41) is 11.5. The monoisotopic (exact) mass is 506 g/mol. The van der Waals surface area contributed by atoms with Crippen LogP contribution in [0.15, 0.2) is 36.4 Å². The third-order valence-electron chi connectivity index (χ3n) is 6.63. The highest BCUT2D eigenvalue weighted by Crippen LogP contribution is 2.47. The van der Waals surface area contributed by atoms with Gasteiger partial charge >= 0.3 is 11.9 Å². The van der Waals surface area contributed by atoms with Crippen LogP contribution in [-0.4, -0.2) is 35.0 Å². The van der Waals surface area contributed by atoms with Crippen molar-refractivity contribution in [2.75, 3.05) is 0 Å². The van der Waals surface area contributed by atoms with Gasteiger partial charge in [0.1, 0.15) is 28.6 Å². The van der Waals surface area contributed by atoms with Crippen LogP contribution in [0.5, 0.6) is 17.2 Å². The zero-order chi connectivity index (χ0) is 26.5. The summed E-state index contributed by atoms with van der Waals surface area (Å²) in [6.07, 6.45) is 6.71. The number of ketones is 1. The molecule has 2 aromatic carbocycles. The molecule has 196 valence electrons. The van der Waals surface area contributed by atoms with Crippen molar-refractivity contribution in [2.45, 2.75) is 83.8 Å². The minimum absolute atomic E-state index is 0.0252. The van der Waals surface area contributed by atoms with E-state index in [1.807, 2.05) is 44.2 Å². The van der Waals surface area contributed by atoms with Crippen molar-refractivity contribution in [2.24, 2.45) is 0 Å². The van der Waals surface area contributed by atoms with Crippen molar-refractivity contribution in [3.63, 3.8) is 0 Å². The second kappa shape index (κ2) is 11.6. The fourth-order valence-electron chi connectivity index (χ4n) is 4.85. The number of carbonyl (C=O) groups is 3. The Morgan fingerprint density at radius 1 is 1.05 bits per heavy atom. The lowest BCUT2D eigenvalue weighted by Crippen LogP contribution is -2.23. The molecule has 2 aliphatic rings. The Bertz CT molecular complexity index is 1190. The summed E-state index contributed by atoms with van der Waals surface area (Å²) in [7, 11) is 0. The minimum atomic E-state index is -0.646. The highest BCUT2D eigenvalue weighted by Gasteiger charge is 2.35. The second-order valence-corrected chi connectivity index (χ2v) is 10.0. The number of phenolic OH excluding ortho intramolecular Hbond substituents is 1. The first-order valence-electron chi connectivity index (χ1n) is 13.0. The van der Waals surface area contributed by atoms with E-state index in [-0.39, 0.29) is 35.4 Å². The van der Waals surface area contributed by atoms with Gasteiger partial charge in [-0.2, -0.15) is 0 Å². The maximum Gasteiger partial charge on any atom is 0.342 e. The number of hydrogen-bond donors (Lipinski definition) is 1. The van der Waals surface area contributed by atoms with E-state index in [4.69, 9.17) is 14.2 Å². The van der Waals surface area contributed by atoms with Gasteiger partial charge in [-0.25, -0.2) is 4.79 Å². The van der Waals surface area contributed by atoms with Crippen LogP contribution in [0, 0.1) is 0 Å². The van der Waals surface area contributed by atoms with Crippen LogP contribution in [0.2, 0.25) is 0 Å². The first kappa shape index (κ1) is 26.5. The lowest BCUT2D eigenvalue weighted by Gasteiger charge is -2.28. The predicted molar refractivity (Wildman–Crippen MR) is 139 cm³/mol. The normalized spacial score (nSPS) is 21.8. The topological polar surface area (TPSA) is 99.1 Å². The lowest BCUT2D eigenvalue weighted by molar-refractivity contribution is -0.135. The maximum atomic E-state index is 13.3. The maximum absolute atomic E-state index is 13.3. The first-order valence-corrected chi connectivity index (χ1v) is 13.0. The SMILES string of the molecule is CC(C)Oc1ccc(C2CC(=O)Oc3cc4c(c(O)c32)C(=O)O[C@@H](C)CCCC(=O)CCC/C=C/4)cc1. The van der Waals surface area contributed by atoms with Crippen molar-refractivity contribution in [3.8, 4) is 17.2 Å². The molecule has 0 aliphatic carbocycles. The molecule has 2 heterocycles. The first-order chi connectivity index (χ1) is 17.7. The largest absolute Gasteiger partial charge is 0.507 e.